The van der Waals surface area contributed by atoms with E-state index in [1.165, 1.54) is 4.90 Å². The van der Waals surface area contributed by atoms with E-state index in [2.05, 4.69) is 0 Å². The number of benzene rings is 3. The molecular weight excluding hydrogens is 458 g/mol. The number of amides is 2. The first-order valence-electron chi connectivity index (χ1n) is 11.9. The molecule has 5 heteroatoms. The van der Waals surface area contributed by atoms with Crippen molar-refractivity contribution in [2.45, 2.75) is 20.3 Å². The van der Waals surface area contributed by atoms with Crippen molar-refractivity contribution >= 4 is 46.0 Å². The van der Waals surface area contributed by atoms with E-state index in [1.54, 1.807) is 24.3 Å². The summed E-state index contributed by atoms with van der Waals surface area (Å²) < 4.78 is 0. The van der Waals surface area contributed by atoms with E-state index in [1.807, 2.05) is 74.5 Å². The van der Waals surface area contributed by atoms with Crippen molar-refractivity contribution < 1.29 is 14.4 Å². The molecule has 3 aliphatic rings. The first-order chi connectivity index (χ1) is 16.9. The quantitative estimate of drug-likeness (QED) is 0.426. The fourth-order valence-electron chi connectivity index (χ4n) is 6.97. The van der Waals surface area contributed by atoms with Crippen LogP contribution in [0.2, 0.25) is 5.02 Å². The van der Waals surface area contributed by atoms with Crippen LogP contribution in [0.3, 0.4) is 0 Å². The number of rotatable bonds is 4. The van der Waals surface area contributed by atoms with Gasteiger partial charge in [0.15, 0.2) is 5.78 Å². The summed E-state index contributed by atoms with van der Waals surface area (Å²) in [6.07, 6.45) is 0.441. The molecule has 6 rings (SSSR count). The number of halogens is 1. The van der Waals surface area contributed by atoms with Crippen molar-refractivity contribution in [1.29, 1.82) is 0 Å². The Labute approximate surface area is 209 Å². The minimum atomic E-state index is -1.11. The van der Waals surface area contributed by atoms with E-state index in [0.29, 0.717) is 17.1 Å². The fourth-order valence-corrected chi connectivity index (χ4v) is 7.10. The summed E-state index contributed by atoms with van der Waals surface area (Å²) in [5, 5.41) is 0.527. The number of hydrogen-bond donors (Lipinski definition) is 0. The first-order valence-corrected chi connectivity index (χ1v) is 12.3. The van der Waals surface area contributed by atoms with E-state index in [4.69, 9.17) is 11.6 Å². The van der Waals surface area contributed by atoms with Crippen LogP contribution in [0.4, 0.5) is 5.69 Å². The van der Waals surface area contributed by atoms with Crippen molar-refractivity contribution in [1.82, 2.24) is 0 Å². The van der Waals surface area contributed by atoms with E-state index in [0.717, 1.165) is 22.3 Å². The summed E-state index contributed by atoms with van der Waals surface area (Å²) in [6, 6.07) is 26.4. The zero-order chi connectivity index (χ0) is 24.5. The van der Waals surface area contributed by atoms with Crippen LogP contribution in [0.15, 0.2) is 84.9 Å². The van der Waals surface area contributed by atoms with Crippen LogP contribution in [0.25, 0.3) is 11.1 Å². The normalized spacial score (nSPS) is 29.3. The van der Waals surface area contributed by atoms with Gasteiger partial charge in [-0.15, -0.1) is 0 Å². The molecular formula is C30H24ClNO3. The molecule has 3 aromatic carbocycles. The highest BCUT2D eigenvalue weighted by molar-refractivity contribution is 6.35. The second-order valence-electron chi connectivity index (χ2n) is 9.78. The Morgan fingerprint density at radius 2 is 1.26 bits per heavy atom. The lowest BCUT2D eigenvalue weighted by Gasteiger charge is -2.37. The van der Waals surface area contributed by atoms with E-state index in [9.17, 15) is 14.4 Å². The third-order valence-corrected chi connectivity index (χ3v) is 8.57. The van der Waals surface area contributed by atoms with Crippen LogP contribution in [0, 0.1) is 22.7 Å². The molecule has 2 amide bonds. The summed E-state index contributed by atoms with van der Waals surface area (Å²) in [7, 11) is 0. The van der Waals surface area contributed by atoms with Crippen LogP contribution in [0.1, 0.15) is 31.4 Å². The summed E-state index contributed by atoms with van der Waals surface area (Å²) in [4.78, 5) is 43.7. The number of hydrogen-bond acceptors (Lipinski definition) is 3. The highest BCUT2D eigenvalue weighted by Gasteiger charge is 2.79. The van der Waals surface area contributed by atoms with Crippen LogP contribution in [-0.2, 0) is 14.4 Å². The van der Waals surface area contributed by atoms with Gasteiger partial charge in [-0.1, -0.05) is 79.2 Å². The van der Waals surface area contributed by atoms with Gasteiger partial charge in [-0.05, 0) is 59.9 Å². The predicted octanol–water partition coefficient (Wildman–Crippen LogP) is 6.06. The van der Waals surface area contributed by atoms with Crippen LogP contribution >= 0.6 is 11.6 Å². The molecule has 0 radical (unpaired) electrons. The van der Waals surface area contributed by atoms with Crippen molar-refractivity contribution in [3.05, 3.63) is 101 Å². The Morgan fingerprint density at radius 1 is 0.743 bits per heavy atom. The Kier molecular flexibility index (Phi) is 4.71. The SMILES string of the molecule is CC[C@@]12C(=O)[C@@](C)(C(c3ccccc3)=C1c1ccccc1)[C@H]1C(=O)N(c3ccc(Cl)cc3)C(=O)[C@@H]12. The van der Waals surface area contributed by atoms with E-state index >= 15 is 0 Å². The van der Waals surface area contributed by atoms with Crippen molar-refractivity contribution in [3.63, 3.8) is 0 Å². The number of allylic oxidation sites excluding steroid dienone is 2. The van der Waals surface area contributed by atoms with Gasteiger partial charge in [0.1, 0.15) is 0 Å². The molecule has 1 heterocycles. The molecule has 2 bridgehead atoms. The van der Waals surface area contributed by atoms with Gasteiger partial charge < -0.3 is 0 Å². The molecule has 4 atom stereocenters. The number of Topliss-reactive ketones (excluding diaryl/α,β-unsaturated/α-hetero) is 1. The van der Waals surface area contributed by atoms with Gasteiger partial charge in [0.2, 0.25) is 11.8 Å². The highest BCUT2D eigenvalue weighted by Crippen LogP contribution is 2.74. The summed E-state index contributed by atoms with van der Waals surface area (Å²) in [6.45, 7) is 3.83. The standard InChI is InChI=1S/C30H24ClNO3/c1-3-30-23(19-12-8-5-9-13-19)22(18-10-6-4-7-11-18)29(2,28(30)35)24-25(30)27(34)32(26(24)33)21-16-14-20(31)15-17-21/h4-17,24-25H,3H2,1-2H3/t24-,25-,29+,30-/m1/s1. The van der Waals surface area contributed by atoms with Crippen LogP contribution in [-0.4, -0.2) is 17.6 Å². The zero-order valence-electron chi connectivity index (χ0n) is 19.5. The lowest BCUT2D eigenvalue weighted by molar-refractivity contribution is -0.134. The largest absolute Gasteiger partial charge is 0.298 e. The van der Waals surface area contributed by atoms with Gasteiger partial charge >= 0.3 is 0 Å². The Bertz CT molecular complexity index is 1410. The minimum absolute atomic E-state index is 0.0161. The monoisotopic (exact) mass is 481 g/mol. The highest BCUT2D eigenvalue weighted by atomic mass is 35.5. The summed E-state index contributed by atoms with van der Waals surface area (Å²) >= 11 is 6.06. The van der Waals surface area contributed by atoms with Gasteiger partial charge in [0, 0.05) is 5.02 Å². The van der Waals surface area contributed by atoms with Crippen molar-refractivity contribution in [2.75, 3.05) is 4.90 Å². The van der Waals surface area contributed by atoms with Crippen molar-refractivity contribution in [2.24, 2.45) is 22.7 Å². The number of carbonyl (C=O) groups excluding carboxylic acids is 3. The number of imide groups is 1. The molecule has 0 N–H and O–H groups in total. The number of carbonyl (C=O) groups is 3. The van der Waals surface area contributed by atoms with E-state index in [-0.39, 0.29) is 17.6 Å². The summed E-state index contributed by atoms with van der Waals surface area (Å²) in [5.41, 5.74) is 1.91. The fraction of sp³-hybridized carbons (Fsp3) is 0.233. The molecule has 35 heavy (non-hydrogen) atoms. The maximum Gasteiger partial charge on any atom is 0.239 e. The summed E-state index contributed by atoms with van der Waals surface area (Å²) in [5.74, 6) is -2.12. The molecule has 1 aliphatic heterocycles. The maximum atomic E-state index is 14.4. The number of fused-ring (bicyclic) bond motifs is 5. The average Bonchev–Trinajstić information content (AvgIpc) is 3.35. The minimum Gasteiger partial charge on any atom is -0.298 e. The predicted molar refractivity (Wildman–Crippen MR) is 136 cm³/mol. The molecule has 0 unspecified atom stereocenters. The van der Waals surface area contributed by atoms with Crippen LogP contribution < -0.4 is 4.90 Å². The Balaban J connectivity index is 1.64. The average molecular weight is 482 g/mol. The Morgan fingerprint density at radius 3 is 1.80 bits per heavy atom. The molecule has 1 saturated carbocycles. The molecule has 174 valence electrons. The second-order valence-corrected chi connectivity index (χ2v) is 10.2. The van der Waals surface area contributed by atoms with Gasteiger partial charge in [0.05, 0.1) is 28.4 Å². The van der Waals surface area contributed by atoms with Gasteiger partial charge in [-0.2, -0.15) is 0 Å². The molecule has 3 aromatic rings. The second kappa shape index (κ2) is 7.50. The molecule has 0 spiro atoms. The van der Waals surface area contributed by atoms with Gasteiger partial charge in [-0.3, -0.25) is 14.4 Å². The van der Waals surface area contributed by atoms with Crippen LogP contribution in [0.5, 0.6) is 0 Å². The van der Waals surface area contributed by atoms with Gasteiger partial charge in [0.25, 0.3) is 0 Å². The molecule has 2 aliphatic carbocycles. The number of ketones is 1. The lowest BCUT2D eigenvalue weighted by atomic mass is 9.62. The van der Waals surface area contributed by atoms with Gasteiger partial charge in [-0.25, -0.2) is 4.90 Å². The number of nitrogens with zero attached hydrogens (tertiary/aromatic N) is 1. The Hall–Kier alpha value is -3.50. The maximum absolute atomic E-state index is 14.4. The molecule has 1 saturated heterocycles. The first kappa shape index (κ1) is 22.0. The molecule has 0 aromatic heterocycles. The van der Waals surface area contributed by atoms with Crippen molar-refractivity contribution in [3.8, 4) is 0 Å². The molecule has 2 fully saturated rings. The zero-order valence-corrected chi connectivity index (χ0v) is 20.3. The number of anilines is 1. The smallest absolute Gasteiger partial charge is 0.239 e. The third-order valence-electron chi connectivity index (χ3n) is 8.32. The lowest BCUT2D eigenvalue weighted by Crippen LogP contribution is -2.41. The molecule has 4 nitrogen and oxygen atoms in total. The third kappa shape index (κ3) is 2.61. The van der Waals surface area contributed by atoms with E-state index < -0.39 is 22.7 Å². The topological polar surface area (TPSA) is 54.5 Å².